The zero-order valence-corrected chi connectivity index (χ0v) is 20.4. The molecule has 0 saturated heterocycles. The van der Waals surface area contributed by atoms with E-state index in [1.165, 1.54) is 42.1 Å². The number of imidazole rings is 1. The zero-order chi connectivity index (χ0) is 26.0. The van der Waals surface area contributed by atoms with Crippen molar-refractivity contribution in [1.82, 2.24) is 19.3 Å². The van der Waals surface area contributed by atoms with Gasteiger partial charge in [0.25, 0.3) is 0 Å². The molecule has 36 heavy (non-hydrogen) atoms. The standard InChI is InChI=1S/C26H25F3N6O/c1-5-17-19(21(27)6-7-24(17)36-4)12-32-26-31-11-18(25-33-16(10-30)13-35(25)26)15-8-22(28)20(14-34(2)3)23(29)9-15/h6-9,11,13H,5,12,14H2,1-4H3,(H,31,32). The first-order valence-corrected chi connectivity index (χ1v) is 11.3. The molecule has 0 fully saturated rings. The van der Waals surface area contributed by atoms with Gasteiger partial charge in [0, 0.05) is 41.5 Å². The van der Waals surface area contributed by atoms with Crippen molar-refractivity contribution in [3.63, 3.8) is 0 Å². The zero-order valence-electron chi connectivity index (χ0n) is 20.4. The molecule has 0 unspecified atom stereocenters. The lowest BCUT2D eigenvalue weighted by molar-refractivity contribution is 0.381. The summed E-state index contributed by atoms with van der Waals surface area (Å²) in [4.78, 5) is 10.4. The summed E-state index contributed by atoms with van der Waals surface area (Å²) in [7, 11) is 4.97. The van der Waals surface area contributed by atoms with Gasteiger partial charge in [0.15, 0.2) is 11.3 Å². The van der Waals surface area contributed by atoms with Crippen LogP contribution < -0.4 is 10.1 Å². The van der Waals surface area contributed by atoms with E-state index in [9.17, 15) is 18.4 Å². The molecule has 4 aromatic rings. The first-order valence-electron chi connectivity index (χ1n) is 11.3. The molecule has 0 radical (unpaired) electrons. The molecule has 0 spiro atoms. The van der Waals surface area contributed by atoms with Crippen LogP contribution >= 0.6 is 0 Å². The number of methoxy groups -OCH3 is 1. The van der Waals surface area contributed by atoms with Crippen LogP contribution in [-0.2, 0) is 19.5 Å². The van der Waals surface area contributed by atoms with E-state index in [0.29, 0.717) is 23.3 Å². The van der Waals surface area contributed by atoms with Crippen LogP contribution in [0.25, 0.3) is 16.8 Å². The SMILES string of the molecule is CCc1c(OC)ccc(F)c1CNc1ncc(-c2cc(F)c(CN(C)C)c(F)c2)c2nc(C#N)cn12. The first kappa shape index (κ1) is 25.0. The van der Waals surface area contributed by atoms with Crippen LogP contribution in [-0.4, -0.2) is 40.5 Å². The largest absolute Gasteiger partial charge is 0.496 e. The first-order chi connectivity index (χ1) is 17.3. The van der Waals surface area contributed by atoms with Gasteiger partial charge in [-0.25, -0.2) is 23.1 Å². The van der Waals surface area contributed by atoms with Crippen molar-refractivity contribution in [3.8, 4) is 22.9 Å². The topological polar surface area (TPSA) is 78.5 Å². The molecule has 2 heterocycles. The molecule has 0 aliphatic heterocycles. The monoisotopic (exact) mass is 494 g/mol. The fraction of sp³-hybridized carbons (Fsp3) is 0.269. The molecule has 186 valence electrons. The fourth-order valence-electron chi connectivity index (χ4n) is 4.17. The summed E-state index contributed by atoms with van der Waals surface area (Å²) >= 11 is 0. The van der Waals surface area contributed by atoms with Crippen LogP contribution in [0.3, 0.4) is 0 Å². The molecule has 0 bridgehead atoms. The van der Waals surface area contributed by atoms with E-state index in [2.05, 4.69) is 15.3 Å². The van der Waals surface area contributed by atoms with Crippen LogP contribution in [0.1, 0.15) is 29.3 Å². The van der Waals surface area contributed by atoms with E-state index in [-0.39, 0.29) is 47.3 Å². The van der Waals surface area contributed by atoms with Gasteiger partial charge in [-0.15, -0.1) is 0 Å². The third-order valence-corrected chi connectivity index (χ3v) is 5.86. The summed E-state index contributed by atoms with van der Waals surface area (Å²) in [5, 5.41) is 12.5. The van der Waals surface area contributed by atoms with E-state index in [1.54, 1.807) is 25.1 Å². The van der Waals surface area contributed by atoms with Crippen molar-refractivity contribution in [2.75, 3.05) is 26.5 Å². The lowest BCUT2D eigenvalue weighted by atomic mass is 10.0. The average Bonchev–Trinajstić information content (AvgIpc) is 3.29. The van der Waals surface area contributed by atoms with Gasteiger partial charge in [0.05, 0.1) is 13.3 Å². The number of benzene rings is 2. The van der Waals surface area contributed by atoms with Gasteiger partial charge in [-0.3, -0.25) is 4.40 Å². The van der Waals surface area contributed by atoms with Gasteiger partial charge < -0.3 is 15.0 Å². The number of nitriles is 1. The number of fused-ring (bicyclic) bond motifs is 1. The number of nitrogens with one attached hydrogen (secondary N) is 1. The summed E-state index contributed by atoms with van der Waals surface area (Å²) in [6.07, 6.45) is 3.45. The van der Waals surface area contributed by atoms with Crippen LogP contribution in [0, 0.1) is 28.8 Å². The summed E-state index contributed by atoms with van der Waals surface area (Å²) in [6.45, 7) is 2.11. The maximum Gasteiger partial charge on any atom is 0.208 e. The van der Waals surface area contributed by atoms with Crippen LogP contribution in [0.4, 0.5) is 19.1 Å². The highest BCUT2D eigenvalue weighted by Crippen LogP contribution is 2.30. The molecule has 4 rings (SSSR count). The van der Waals surface area contributed by atoms with Gasteiger partial charge in [-0.2, -0.15) is 5.26 Å². The number of nitrogens with zero attached hydrogens (tertiary/aromatic N) is 5. The summed E-state index contributed by atoms with van der Waals surface area (Å²) in [6, 6.07) is 7.36. The Labute approximate surface area is 206 Å². The molecule has 0 amide bonds. The second kappa shape index (κ2) is 10.3. The van der Waals surface area contributed by atoms with Gasteiger partial charge in [0.1, 0.15) is 29.3 Å². The molecule has 2 aromatic carbocycles. The molecular weight excluding hydrogens is 469 g/mol. The van der Waals surface area contributed by atoms with Crippen molar-refractivity contribution in [2.45, 2.75) is 26.4 Å². The summed E-state index contributed by atoms with van der Waals surface area (Å²) in [5.41, 5.74) is 2.07. The predicted molar refractivity (Wildman–Crippen MR) is 130 cm³/mol. The van der Waals surface area contributed by atoms with Crippen molar-refractivity contribution in [1.29, 1.82) is 5.26 Å². The third kappa shape index (κ3) is 4.70. The Hall–Kier alpha value is -4.10. The van der Waals surface area contributed by atoms with Crippen molar-refractivity contribution >= 4 is 11.6 Å². The normalized spacial score (nSPS) is 11.2. The highest BCUT2D eigenvalue weighted by atomic mass is 19.1. The fourth-order valence-corrected chi connectivity index (χ4v) is 4.17. The number of rotatable bonds is 8. The average molecular weight is 495 g/mol. The van der Waals surface area contributed by atoms with E-state index in [4.69, 9.17) is 4.74 Å². The molecule has 7 nitrogen and oxygen atoms in total. The van der Waals surface area contributed by atoms with Gasteiger partial charge in [0.2, 0.25) is 5.95 Å². The quantitative estimate of drug-likeness (QED) is 0.374. The second-order valence-corrected chi connectivity index (χ2v) is 8.50. The number of halogens is 3. The molecular formula is C26H25F3N6O. The minimum absolute atomic E-state index is 0.0425. The highest BCUT2D eigenvalue weighted by Gasteiger charge is 2.19. The van der Waals surface area contributed by atoms with Crippen molar-refractivity contribution in [3.05, 3.63) is 76.5 Å². The molecule has 0 atom stereocenters. The Morgan fingerprint density at radius 2 is 1.81 bits per heavy atom. The van der Waals surface area contributed by atoms with Gasteiger partial charge >= 0.3 is 0 Å². The van der Waals surface area contributed by atoms with Crippen LogP contribution in [0.15, 0.2) is 36.7 Å². The molecule has 0 aliphatic carbocycles. The lowest BCUT2D eigenvalue weighted by Crippen LogP contribution is -2.13. The Morgan fingerprint density at radius 1 is 1.08 bits per heavy atom. The number of hydrogen-bond donors (Lipinski definition) is 1. The molecule has 1 N–H and O–H groups in total. The number of hydrogen-bond acceptors (Lipinski definition) is 6. The Bertz CT molecular complexity index is 1450. The Morgan fingerprint density at radius 3 is 2.42 bits per heavy atom. The van der Waals surface area contributed by atoms with E-state index in [0.717, 1.165) is 5.56 Å². The Balaban J connectivity index is 1.76. The minimum atomic E-state index is -0.688. The predicted octanol–water partition coefficient (Wildman–Crippen LogP) is 4.93. The van der Waals surface area contributed by atoms with Crippen LogP contribution in [0.5, 0.6) is 5.75 Å². The summed E-state index contributed by atoms with van der Waals surface area (Å²) < 4.78 is 51.0. The van der Waals surface area contributed by atoms with Gasteiger partial charge in [-0.05, 0) is 50.3 Å². The Kier molecular flexibility index (Phi) is 7.12. The second-order valence-electron chi connectivity index (χ2n) is 8.50. The highest BCUT2D eigenvalue weighted by molar-refractivity contribution is 5.78. The van der Waals surface area contributed by atoms with E-state index < -0.39 is 11.6 Å². The molecule has 0 saturated carbocycles. The van der Waals surface area contributed by atoms with E-state index >= 15 is 0 Å². The number of anilines is 1. The minimum Gasteiger partial charge on any atom is -0.496 e. The maximum atomic E-state index is 14.8. The van der Waals surface area contributed by atoms with Crippen LogP contribution in [0.2, 0.25) is 0 Å². The van der Waals surface area contributed by atoms with E-state index in [1.807, 2.05) is 13.0 Å². The number of ether oxygens (including phenoxy) is 1. The third-order valence-electron chi connectivity index (χ3n) is 5.86. The molecule has 0 aliphatic rings. The smallest absolute Gasteiger partial charge is 0.208 e. The molecule has 2 aromatic heterocycles. The lowest BCUT2D eigenvalue weighted by Gasteiger charge is -2.16. The van der Waals surface area contributed by atoms with Gasteiger partial charge in [-0.1, -0.05) is 6.92 Å². The number of aromatic nitrogens is 3. The summed E-state index contributed by atoms with van der Waals surface area (Å²) in [5.74, 6) is -0.893. The maximum absolute atomic E-state index is 14.8. The molecule has 10 heteroatoms. The van der Waals surface area contributed by atoms with Crippen molar-refractivity contribution in [2.24, 2.45) is 0 Å². The van der Waals surface area contributed by atoms with Crippen molar-refractivity contribution < 1.29 is 17.9 Å².